The summed E-state index contributed by atoms with van der Waals surface area (Å²) in [6.45, 7) is 21.5. The molecule has 0 bridgehead atoms. The van der Waals surface area contributed by atoms with E-state index in [1.807, 2.05) is 109 Å². The molecule has 544 valence electrons. The first-order valence-corrected chi connectivity index (χ1v) is 39.3. The van der Waals surface area contributed by atoms with Crippen molar-refractivity contribution >= 4 is 76.8 Å². The van der Waals surface area contributed by atoms with E-state index in [4.69, 9.17) is 49.2 Å². The van der Waals surface area contributed by atoms with Crippen molar-refractivity contribution < 1.29 is 44.2 Å². The Morgan fingerprint density at radius 1 is 0.286 bits per heavy atom. The summed E-state index contributed by atoms with van der Waals surface area (Å²) in [6, 6.07) is 72.4. The van der Waals surface area contributed by atoms with E-state index >= 15 is 0 Å². The van der Waals surface area contributed by atoms with E-state index in [1.165, 1.54) is 133 Å². The van der Waals surface area contributed by atoms with Gasteiger partial charge in [-0.1, -0.05) is 308 Å². The number of rotatable bonds is 34. The first-order valence-electron chi connectivity index (χ1n) is 35.9. The SMILES string of the molecule is BrCCCCCCCCCCCCBr.O=C(O)c1ccc(-c2ccc(O)cc2)cc1.[C-]#[N+]c1ccc(-c2ccc(O)cc2)cc1.[C-]#[N+]c1ccc(-c2ccc(OCCCCCCCCCCCCBr)cc2)cc1.[C-]#[N+]c1ccc(-c2ccc(OCOC(=O)c3ccc(-c4ccc(O)cc4)cc3)cc2)cc1. The number of aromatic carboxylic acids is 1. The minimum absolute atomic E-state index is 0.197. The van der Waals surface area contributed by atoms with E-state index in [9.17, 15) is 14.7 Å². The number of halogens is 3. The van der Waals surface area contributed by atoms with E-state index in [2.05, 4.69) is 74.5 Å². The van der Waals surface area contributed by atoms with Gasteiger partial charge in [-0.25, -0.2) is 24.1 Å². The fourth-order valence-corrected chi connectivity index (χ4v) is 12.1. The maximum Gasteiger partial charge on any atom is 0.340 e. The number of unbranched alkanes of at least 4 members (excludes halogenated alkanes) is 18. The summed E-state index contributed by atoms with van der Waals surface area (Å²) < 4.78 is 16.6. The van der Waals surface area contributed by atoms with E-state index in [0.29, 0.717) is 28.4 Å². The molecule has 0 radical (unpaired) electrons. The normalized spacial score (nSPS) is 10.2. The van der Waals surface area contributed by atoms with Gasteiger partial charge >= 0.3 is 11.9 Å². The van der Waals surface area contributed by atoms with Gasteiger partial charge in [0.1, 0.15) is 28.7 Å². The molecule has 0 atom stereocenters. The van der Waals surface area contributed by atoms with Gasteiger partial charge < -0.3 is 34.6 Å². The van der Waals surface area contributed by atoms with Crippen LogP contribution in [0.5, 0.6) is 28.7 Å². The van der Waals surface area contributed by atoms with Crippen LogP contribution < -0.4 is 9.47 Å². The number of phenolic OH excluding ortho intramolecular Hbond substituents is 3. The third kappa shape index (κ3) is 33.1. The number of hydrogen-bond acceptors (Lipinski definition) is 8. The monoisotopic (exact) mass is 1600 g/mol. The number of carbonyl (C=O) groups is 2. The maximum absolute atomic E-state index is 12.3. The minimum Gasteiger partial charge on any atom is -0.508 e. The summed E-state index contributed by atoms with van der Waals surface area (Å²) in [5, 5.41) is 39.9. The van der Waals surface area contributed by atoms with Crippen LogP contribution in [0.1, 0.15) is 149 Å². The molecule has 0 spiro atoms. The van der Waals surface area contributed by atoms with E-state index in [-0.39, 0.29) is 29.6 Å². The van der Waals surface area contributed by atoms with Crippen molar-refractivity contribution in [3.8, 4) is 84.4 Å². The number of esters is 1. The molecule has 0 aliphatic heterocycles. The van der Waals surface area contributed by atoms with Crippen molar-refractivity contribution in [1.82, 2.24) is 0 Å². The number of phenols is 3. The molecule has 12 nitrogen and oxygen atoms in total. The third-order valence-corrected chi connectivity index (χ3v) is 18.6. The fraction of sp³-hybridized carbons (Fsp3) is 0.278. The van der Waals surface area contributed by atoms with Gasteiger partial charge in [0.25, 0.3) is 0 Å². The smallest absolute Gasteiger partial charge is 0.340 e. The molecule has 10 aromatic carbocycles. The molecular weight excluding hydrogens is 1510 g/mol. The highest BCUT2D eigenvalue weighted by molar-refractivity contribution is 9.09. The Morgan fingerprint density at radius 3 is 0.762 bits per heavy atom. The number of nitrogens with zero attached hydrogens (tertiary/aromatic N) is 3. The molecule has 10 rings (SSSR count). The van der Waals surface area contributed by atoms with E-state index < -0.39 is 11.9 Å². The van der Waals surface area contributed by atoms with Gasteiger partial charge in [-0.2, -0.15) is 0 Å². The third-order valence-electron chi connectivity index (χ3n) is 16.9. The molecule has 0 aliphatic carbocycles. The number of carbonyl (C=O) groups excluding carboxylic acids is 1. The Labute approximate surface area is 646 Å². The summed E-state index contributed by atoms with van der Waals surface area (Å²) in [4.78, 5) is 33.1. The van der Waals surface area contributed by atoms with Crippen LogP contribution in [-0.4, -0.2) is 61.8 Å². The number of carboxylic acids is 1. The average Bonchev–Trinajstić information content (AvgIpc) is 0.888. The number of aromatic hydroxyl groups is 3. The lowest BCUT2D eigenvalue weighted by Gasteiger charge is -2.09. The second kappa shape index (κ2) is 50.4. The van der Waals surface area contributed by atoms with E-state index in [0.717, 1.165) is 79.7 Å². The van der Waals surface area contributed by atoms with Crippen LogP contribution in [0, 0.1) is 19.7 Å². The largest absolute Gasteiger partial charge is 0.508 e. The molecule has 0 amide bonds. The van der Waals surface area contributed by atoms with Crippen LogP contribution in [0.15, 0.2) is 243 Å². The lowest BCUT2D eigenvalue weighted by atomic mass is 10.0. The van der Waals surface area contributed by atoms with Crippen molar-refractivity contribution in [2.45, 2.75) is 128 Å². The average molecular weight is 1600 g/mol. The molecule has 0 aliphatic rings. The standard InChI is InChI=1S/C27H19NO4.C25H32BrNO.C13H9NO.C13H10O3.C12H24Br2/c1-28-24-12-6-20(7-13-24)22-10-16-26(17-11-22)31-18-32-27(30)23-4-2-19(3-5-23)21-8-14-25(29)15-9-21;1-27-24-16-12-22(13-17-24)23-14-18-25(19-15-23)28-21-11-9-7-5-3-2-4-6-8-10-20-26;1-14-12-6-2-10(3-7-12)11-4-8-13(15)9-5-11;14-12-7-5-10(6-8-12)9-1-3-11(4-2-9)13(15)16;13-11-9-7-5-3-1-2-4-6-8-10-12-14/h2-17,29H,18H2;12-19H,2-11,20-21H2;2-9,15H;1-8,14H,(H,15,16);1-12H2. The first kappa shape index (κ1) is 84.0. The minimum atomic E-state index is -0.933. The zero-order chi connectivity index (χ0) is 74.9. The highest BCUT2D eigenvalue weighted by atomic mass is 79.9. The van der Waals surface area contributed by atoms with Crippen LogP contribution >= 0.6 is 47.8 Å². The Hall–Kier alpha value is -9.95. The first-order chi connectivity index (χ1) is 51.3. The molecule has 0 aromatic heterocycles. The van der Waals surface area contributed by atoms with Gasteiger partial charge in [0, 0.05) is 16.0 Å². The lowest BCUT2D eigenvalue weighted by Crippen LogP contribution is -2.10. The Balaban J connectivity index is 0.000000215. The number of ether oxygens (including phenoxy) is 3. The van der Waals surface area contributed by atoms with Gasteiger partial charge in [-0.05, 0) is 166 Å². The summed E-state index contributed by atoms with van der Waals surface area (Å²) in [5.41, 5.74) is 12.7. The van der Waals surface area contributed by atoms with E-state index in [1.54, 1.807) is 121 Å². The van der Waals surface area contributed by atoms with Gasteiger partial charge in [-0.15, -0.1) is 0 Å². The Kier molecular flexibility index (Phi) is 40.4. The van der Waals surface area contributed by atoms with Gasteiger partial charge in [0.15, 0.2) is 17.1 Å². The molecule has 105 heavy (non-hydrogen) atoms. The van der Waals surface area contributed by atoms with Crippen molar-refractivity contribution in [1.29, 1.82) is 0 Å². The lowest BCUT2D eigenvalue weighted by molar-refractivity contribution is 0.0154. The highest BCUT2D eigenvalue weighted by Gasteiger charge is 2.10. The molecule has 0 unspecified atom stereocenters. The maximum atomic E-state index is 12.3. The zero-order valence-corrected chi connectivity index (χ0v) is 64.3. The van der Waals surface area contributed by atoms with Crippen molar-refractivity contribution in [3.05, 3.63) is 288 Å². The quantitative estimate of drug-likeness (QED) is 0.0101. The van der Waals surface area contributed by atoms with Crippen molar-refractivity contribution in [3.63, 3.8) is 0 Å². The highest BCUT2D eigenvalue weighted by Crippen LogP contribution is 2.30. The molecule has 0 saturated heterocycles. The molecule has 10 aromatic rings. The van der Waals surface area contributed by atoms with Crippen LogP contribution in [0.25, 0.3) is 70.2 Å². The molecule has 0 saturated carbocycles. The number of hydrogen-bond donors (Lipinski definition) is 4. The van der Waals surface area contributed by atoms with Gasteiger partial charge in [0.2, 0.25) is 6.79 Å². The Morgan fingerprint density at radius 2 is 0.505 bits per heavy atom. The van der Waals surface area contributed by atoms with Crippen LogP contribution in [-0.2, 0) is 4.74 Å². The van der Waals surface area contributed by atoms with Crippen molar-refractivity contribution in [2.24, 2.45) is 0 Å². The summed E-state index contributed by atoms with van der Waals surface area (Å²) in [5.74, 6) is 0.796. The fourth-order valence-electron chi connectivity index (χ4n) is 10.9. The number of carboxylic acid groups (broad SMARTS) is 1. The van der Waals surface area contributed by atoms with Gasteiger partial charge in [0.05, 0.1) is 37.5 Å². The molecule has 0 heterocycles. The predicted molar refractivity (Wildman–Crippen MR) is 440 cm³/mol. The van der Waals surface area contributed by atoms with Crippen LogP contribution in [0.3, 0.4) is 0 Å². The molecular formula is C90H94Br3N3O9. The number of benzene rings is 10. The van der Waals surface area contributed by atoms with Crippen LogP contribution in [0.4, 0.5) is 17.1 Å². The topological polar surface area (TPSA) is 156 Å². The van der Waals surface area contributed by atoms with Gasteiger partial charge in [-0.3, -0.25) is 0 Å². The summed E-state index contributed by atoms with van der Waals surface area (Å²) in [6.07, 6.45) is 27.5. The molecule has 4 N–H and O–H groups in total. The second-order valence-electron chi connectivity index (χ2n) is 24.8. The predicted octanol–water partition coefficient (Wildman–Crippen LogP) is 27.1. The zero-order valence-electron chi connectivity index (χ0n) is 59.6. The molecule has 0 fully saturated rings. The summed E-state index contributed by atoms with van der Waals surface area (Å²) >= 11 is 10.4. The van der Waals surface area contributed by atoms with Crippen molar-refractivity contribution in [2.75, 3.05) is 29.4 Å². The van der Waals surface area contributed by atoms with Crippen LogP contribution in [0.2, 0.25) is 0 Å². The molecule has 15 heteroatoms. The summed E-state index contributed by atoms with van der Waals surface area (Å²) in [7, 11) is 0. The second-order valence-corrected chi connectivity index (χ2v) is 27.2. The number of alkyl halides is 3. The Bertz CT molecular complexity index is 4170.